The Morgan fingerprint density at radius 2 is 1.77 bits per heavy atom. The Hall–Kier alpha value is -2.29. The second-order valence-corrected chi connectivity index (χ2v) is 9.38. The van der Waals surface area contributed by atoms with E-state index in [1.54, 1.807) is 30.3 Å². The van der Waals surface area contributed by atoms with Crippen LogP contribution in [0.25, 0.3) is 0 Å². The second kappa shape index (κ2) is 10.7. The molecule has 0 saturated carbocycles. The molecule has 0 spiro atoms. The molecule has 2 aromatic carbocycles. The fourth-order valence-electron chi connectivity index (χ4n) is 2.55. The van der Waals surface area contributed by atoms with Gasteiger partial charge in [-0.25, -0.2) is 12.7 Å². The summed E-state index contributed by atoms with van der Waals surface area (Å²) in [4.78, 5) is 12.6. The van der Waals surface area contributed by atoms with Crippen LogP contribution in [-0.2, 0) is 14.8 Å². The number of ether oxygens (including phenoxy) is 2. The number of carbonyl (C=O) groups is 1. The number of nitrogens with zero attached hydrogens (tertiary/aromatic N) is 1. The van der Waals surface area contributed by atoms with E-state index in [4.69, 9.17) is 21.1 Å². The first kappa shape index (κ1) is 24.0. The predicted octanol–water partition coefficient (Wildman–Crippen LogP) is 3.25. The average Bonchev–Trinajstić information content (AvgIpc) is 2.72. The van der Waals surface area contributed by atoms with Crippen LogP contribution >= 0.6 is 11.6 Å². The monoisotopic (exact) mass is 454 g/mol. The van der Waals surface area contributed by atoms with Crippen molar-refractivity contribution in [1.82, 2.24) is 9.62 Å². The van der Waals surface area contributed by atoms with Crippen molar-refractivity contribution in [3.05, 3.63) is 53.1 Å². The van der Waals surface area contributed by atoms with Crippen molar-refractivity contribution < 1.29 is 22.7 Å². The van der Waals surface area contributed by atoms with E-state index in [-0.39, 0.29) is 24.0 Å². The lowest BCUT2D eigenvalue weighted by molar-refractivity contribution is -0.128. The Morgan fingerprint density at radius 3 is 2.33 bits per heavy atom. The number of aryl methyl sites for hydroxylation is 1. The van der Waals surface area contributed by atoms with Crippen molar-refractivity contribution in [2.45, 2.75) is 31.3 Å². The number of halogens is 1. The van der Waals surface area contributed by atoms with Crippen LogP contribution in [0, 0.1) is 6.92 Å². The normalized spacial score (nSPS) is 12.5. The highest BCUT2D eigenvalue weighted by molar-refractivity contribution is 7.89. The molecule has 0 aromatic heterocycles. The SMILES string of the molecule is CC[C@@H](Oc1ccc(Cl)c(C)c1)C(=O)NCCOc1ccc(S(=O)(=O)N(C)C)cc1. The zero-order valence-electron chi connectivity index (χ0n) is 17.5. The zero-order chi connectivity index (χ0) is 22.3. The lowest BCUT2D eigenvalue weighted by atomic mass is 10.2. The fourth-order valence-corrected chi connectivity index (χ4v) is 3.57. The lowest BCUT2D eigenvalue weighted by Gasteiger charge is -2.18. The van der Waals surface area contributed by atoms with Crippen molar-refractivity contribution in [3.63, 3.8) is 0 Å². The minimum atomic E-state index is -3.47. The minimum absolute atomic E-state index is 0.188. The van der Waals surface area contributed by atoms with Crippen molar-refractivity contribution >= 4 is 27.5 Å². The highest BCUT2D eigenvalue weighted by Crippen LogP contribution is 2.22. The maximum atomic E-state index is 12.4. The van der Waals surface area contributed by atoms with Gasteiger partial charge in [0.05, 0.1) is 11.4 Å². The molecule has 30 heavy (non-hydrogen) atoms. The Kier molecular flexibility index (Phi) is 8.52. The summed E-state index contributed by atoms with van der Waals surface area (Å²) in [6.07, 6.45) is -0.114. The number of carbonyl (C=O) groups excluding carboxylic acids is 1. The first-order valence-electron chi connectivity index (χ1n) is 9.51. The molecule has 0 bridgehead atoms. The van der Waals surface area contributed by atoms with Crippen LogP contribution < -0.4 is 14.8 Å². The van der Waals surface area contributed by atoms with Crippen molar-refractivity contribution in [3.8, 4) is 11.5 Å². The number of sulfonamides is 1. The van der Waals surface area contributed by atoms with Crippen LogP contribution in [0.1, 0.15) is 18.9 Å². The van der Waals surface area contributed by atoms with Gasteiger partial charge in [-0.15, -0.1) is 0 Å². The Bertz CT molecular complexity index is 962. The fraction of sp³-hybridized carbons (Fsp3) is 0.381. The van der Waals surface area contributed by atoms with Gasteiger partial charge in [0.15, 0.2) is 6.10 Å². The zero-order valence-corrected chi connectivity index (χ0v) is 19.1. The van der Waals surface area contributed by atoms with Gasteiger partial charge in [0.2, 0.25) is 10.0 Å². The molecule has 164 valence electrons. The predicted molar refractivity (Wildman–Crippen MR) is 117 cm³/mol. The molecule has 2 rings (SSSR count). The molecule has 7 nitrogen and oxygen atoms in total. The molecular weight excluding hydrogens is 428 g/mol. The first-order valence-corrected chi connectivity index (χ1v) is 11.3. The molecule has 1 amide bonds. The molecule has 0 unspecified atom stereocenters. The van der Waals surface area contributed by atoms with E-state index in [1.807, 2.05) is 13.8 Å². The second-order valence-electron chi connectivity index (χ2n) is 6.82. The summed E-state index contributed by atoms with van der Waals surface area (Å²) in [7, 11) is -0.522. The van der Waals surface area contributed by atoms with Gasteiger partial charge >= 0.3 is 0 Å². The maximum Gasteiger partial charge on any atom is 0.261 e. The van der Waals surface area contributed by atoms with E-state index in [0.717, 1.165) is 9.87 Å². The highest BCUT2D eigenvalue weighted by Gasteiger charge is 2.19. The van der Waals surface area contributed by atoms with Crippen LogP contribution in [0.4, 0.5) is 0 Å². The van der Waals surface area contributed by atoms with Crippen molar-refractivity contribution in [1.29, 1.82) is 0 Å². The van der Waals surface area contributed by atoms with Gasteiger partial charge in [0.25, 0.3) is 5.91 Å². The molecule has 0 saturated heterocycles. The summed E-state index contributed by atoms with van der Waals surface area (Å²) < 4.78 is 36.6. The standard InChI is InChI=1S/C21H27ClN2O5S/c1-5-20(29-17-8-11-19(22)15(2)14-17)21(25)23-12-13-28-16-6-9-18(10-7-16)30(26,27)24(3)4/h6-11,14,20H,5,12-13H2,1-4H3,(H,23,25)/t20-/m1/s1. The summed E-state index contributed by atoms with van der Waals surface area (Å²) in [5, 5.41) is 3.43. The number of benzene rings is 2. The van der Waals surface area contributed by atoms with E-state index in [2.05, 4.69) is 5.32 Å². The number of nitrogens with one attached hydrogen (secondary N) is 1. The number of hydrogen-bond donors (Lipinski definition) is 1. The first-order chi connectivity index (χ1) is 14.1. The maximum absolute atomic E-state index is 12.4. The van der Waals surface area contributed by atoms with Gasteiger partial charge in [-0.3, -0.25) is 4.79 Å². The molecule has 0 aliphatic carbocycles. The number of amides is 1. The van der Waals surface area contributed by atoms with Gasteiger partial charge < -0.3 is 14.8 Å². The number of rotatable bonds is 10. The van der Waals surface area contributed by atoms with E-state index in [9.17, 15) is 13.2 Å². The van der Waals surface area contributed by atoms with E-state index in [1.165, 1.54) is 26.2 Å². The van der Waals surface area contributed by atoms with Gasteiger partial charge in [0.1, 0.15) is 18.1 Å². The Labute approximate surface area is 183 Å². The van der Waals surface area contributed by atoms with Gasteiger partial charge in [0, 0.05) is 19.1 Å². The summed E-state index contributed by atoms with van der Waals surface area (Å²) >= 11 is 6.01. The van der Waals surface area contributed by atoms with Crippen LogP contribution in [0.15, 0.2) is 47.4 Å². The van der Waals surface area contributed by atoms with Crippen LogP contribution in [0.5, 0.6) is 11.5 Å². The van der Waals surface area contributed by atoms with Crippen LogP contribution in [0.2, 0.25) is 5.02 Å². The van der Waals surface area contributed by atoms with E-state index in [0.29, 0.717) is 22.9 Å². The quantitative estimate of drug-likeness (QED) is 0.557. The van der Waals surface area contributed by atoms with Gasteiger partial charge in [-0.2, -0.15) is 0 Å². The van der Waals surface area contributed by atoms with Crippen LogP contribution in [-0.4, -0.2) is 52.0 Å². The molecule has 0 radical (unpaired) electrons. The molecular formula is C21H27ClN2O5S. The van der Waals surface area contributed by atoms with Gasteiger partial charge in [-0.05, 0) is 61.4 Å². The molecule has 0 fully saturated rings. The third-order valence-corrected chi connectivity index (χ3v) is 6.60. The summed E-state index contributed by atoms with van der Waals surface area (Å²) in [5.41, 5.74) is 0.877. The van der Waals surface area contributed by atoms with Crippen molar-refractivity contribution in [2.75, 3.05) is 27.2 Å². The molecule has 1 N–H and O–H groups in total. The number of hydrogen-bond acceptors (Lipinski definition) is 5. The smallest absolute Gasteiger partial charge is 0.261 e. The lowest BCUT2D eigenvalue weighted by Crippen LogP contribution is -2.39. The minimum Gasteiger partial charge on any atom is -0.492 e. The van der Waals surface area contributed by atoms with Gasteiger partial charge in [-0.1, -0.05) is 18.5 Å². The van der Waals surface area contributed by atoms with E-state index >= 15 is 0 Å². The average molecular weight is 455 g/mol. The molecule has 0 aliphatic heterocycles. The highest BCUT2D eigenvalue weighted by atomic mass is 35.5. The molecule has 0 aliphatic rings. The summed E-state index contributed by atoms with van der Waals surface area (Å²) in [5.74, 6) is 0.867. The summed E-state index contributed by atoms with van der Waals surface area (Å²) in [6, 6.07) is 11.4. The topological polar surface area (TPSA) is 84.9 Å². The molecule has 2 aromatic rings. The van der Waals surface area contributed by atoms with Crippen molar-refractivity contribution in [2.24, 2.45) is 0 Å². The summed E-state index contributed by atoms with van der Waals surface area (Å²) in [6.45, 7) is 4.26. The molecule has 0 heterocycles. The van der Waals surface area contributed by atoms with E-state index < -0.39 is 16.1 Å². The largest absolute Gasteiger partial charge is 0.492 e. The Balaban J connectivity index is 1.82. The Morgan fingerprint density at radius 1 is 1.13 bits per heavy atom. The molecule has 1 atom stereocenters. The van der Waals surface area contributed by atoms with Crippen LogP contribution in [0.3, 0.4) is 0 Å². The third kappa shape index (κ3) is 6.35. The third-order valence-electron chi connectivity index (χ3n) is 4.34. The molecule has 9 heteroatoms.